The highest BCUT2D eigenvalue weighted by Gasteiger charge is 2.41. The summed E-state index contributed by atoms with van der Waals surface area (Å²) in [6, 6.07) is 0.458. The van der Waals surface area contributed by atoms with Crippen molar-refractivity contribution < 1.29 is 14.2 Å². The molecule has 2 fully saturated rings. The lowest BCUT2D eigenvalue weighted by molar-refractivity contribution is -0.138. The molecule has 2 aliphatic rings. The molecule has 1 saturated heterocycles. The lowest BCUT2D eigenvalue weighted by Gasteiger charge is -2.43. The standard InChI is InChI=1S/C11H21NO3/c1-12-9-5-10(11(9)13-2)15-7-8-3-4-14-6-8/h8-12H,3-7H2,1-2H3. The summed E-state index contributed by atoms with van der Waals surface area (Å²) < 4.78 is 16.6. The van der Waals surface area contributed by atoms with E-state index < -0.39 is 0 Å². The number of nitrogens with one attached hydrogen (secondary N) is 1. The maximum atomic E-state index is 5.85. The van der Waals surface area contributed by atoms with Gasteiger partial charge < -0.3 is 19.5 Å². The summed E-state index contributed by atoms with van der Waals surface area (Å²) in [6.45, 7) is 2.58. The first-order chi connectivity index (χ1) is 7.35. The fourth-order valence-corrected chi connectivity index (χ4v) is 2.32. The molecule has 1 saturated carbocycles. The van der Waals surface area contributed by atoms with E-state index in [-0.39, 0.29) is 12.2 Å². The second-order valence-electron chi connectivity index (χ2n) is 4.43. The molecular weight excluding hydrogens is 194 g/mol. The van der Waals surface area contributed by atoms with E-state index in [1.54, 1.807) is 7.11 Å². The first kappa shape index (κ1) is 11.3. The third-order valence-electron chi connectivity index (χ3n) is 3.46. The van der Waals surface area contributed by atoms with Crippen LogP contribution in [-0.2, 0) is 14.2 Å². The third-order valence-corrected chi connectivity index (χ3v) is 3.46. The molecule has 1 aliphatic carbocycles. The maximum Gasteiger partial charge on any atom is 0.0986 e. The molecule has 1 aliphatic heterocycles. The molecule has 4 unspecified atom stereocenters. The first-order valence-electron chi connectivity index (χ1n) is 5.74. The molecule has 4 atom stereocenters. The van der Waals surface area contributed by atoms with E-state index in [4.69, 9.17) is 14.2 Å². The minimum atomic E-state index is 0.220. The molecule has 0 aromatic carbocycles. The zero-order chi connectivity index (χ0) is 10.7. The topological polar surface area (TPSA) is 39.7 Å². The van der Waals surface area contributed by atoms with E-state index in [0.29, 0.717) is 12.0 Å². The number of hydrogen-bond donors (Lipinski definition) is 1. The van der Waals surface area contributed by atoms with Crippen molar-refractivity contribution in [3.05, 3.63) is 0 Å². The van der Waals surface area contributed by atoms with Gasteiger partial charge in [0.1, 0.15) is 0 Å². The van der Waals surface area contributed by atoms with Gasteiger partial charge in [0.05, 0.1) is 25.4 Å². The SMILES string of the molecule is CNC1CC(OCC2CCOC2)C1OC. The molecule has 4 heteroatoms. The molecule has 2 rings (SSSR count). The van der Waals surface area contributed by atoms with Gasteiger partial charge in [-0.1, -0.05) is 0 Å². The van der Waals surface area contributed by atoms with Crippen molar-refractivity contribution in [3.63, 3.8) is 0 Å². The van der Waals surface area contributed by atoms with Gasteiger partial charge >= 0.3 is 0 Å². The number of methoxy groups -OCH3 is 1. The molecular formula is C11H21NO3. The van der Waals surface area contributed by atoms with Gasteiger partial charge in [0.25, 0.3) is 0 Å². The van der Waals surface area contributed by atoms with Crippen molar-refractivity contribution in [3.8, 4) is 0 Å². The van der Waals surface area contributed by atoms with Gasteiger partial charge in [-0.2, -0.15) is 0 Å². The van der Waals surface area contributed by atoms with E-state index in [1.165, 1.54) is 0 Å². The van der Waals surface area contributed by atoms with Crippen molar-refractivity contribution in [1.82, 2.24) is 5.32 Å². The van der Waals surface area contributed by atoms with Gasteiger partial charge in [0, 0.05) is 25.7 Å². The van der Waals surface area contributed by atoms with Gasteiger partial charge in [-0.15, -0.1) is 0 Å². The molecule has 0 radical (unpaired) electrons. The van der Waals surface area contributed by atoms with Crippen molar-refractivity contribution >= 4 is 0 Å². The highest BCUT2D eigenvalue weighted by atomic mass is 16.5. The predicted octanol–water partition coefficient (Wildman–Crippen LogP) is 0.415. The Hall–Kier alpha value is -0.160. The van der Waals surface area contributed by atoms with Gasteiger partial charge in [0.15, 0.2) is 0 Å². The Bertz CT molecular complexity index is 194. The van der Waals surface area contributed by atoms with E-state index in [1.807, 2.05) is 7.05 Å². The van der Waals surface area contributed by atoms with E-state index in [9.17, 15) is 0 Å². The van der Waals surface area contributed by atoms with E-state index in [0.717, 1.165) is 32.7 Å². The Morgan fingerprint density at radius 2 is 2.33 bits per heavy atom. The van der Waals surface area contributed by atoms with Gasteiger partial charge in [0.2, 0.25) is 0 Å². The van der Waals surface area contributed by atoms with Crippen LogP contribution in [0.3, 0.4) is 0 Å². The van der Waals surface area contributed by atoms with E-state index in [2.05, 4.69) is 5.32 Å². The fraction of sp³-hybridized carbons (Fsp3) is 1.00. The summed E-state index contributed by atoms with van der Waals surface area (Å²) >= 11 is 0. The molecule has 88 valence electrons. The Balaban J connectivity index is 1.67. The van der Waals surface area contributed by atoms with Gasteiger partial charge in [-0.3, -0.25) is 0 Å². The second kappa shape index (κ2) is 5.25. The molecule has 15 heavy (non-hydrogen) atoms. The monoisotopic (exact) mass is 215 g/mol. The highest BCUT2D eigenvalue weighted by Crippen LogP contribution is 2.27. The van der Waals surface area contributed by atoms with Crippen LogP contribution >= 0.6 is 0 Å². The van der Waals surface area contributed by atoms with Crippen molar-refractivity contribution in [1.29, 1.82) is 0 Å². The predicted molar refractivity (Wildman–Crippen MR) is 56.9 cm³/mol. The zero-order valence-corrected chi connectivity index (χ0v) is 9.57. The zero-order valence-electron chi connectivity index (χ0n) is 9.57. The van der Waals surface area contributed by atoms with Crippen LogP contribution < -0.4 is 5.32 Å². The normalized spacial score (nSPS) is 40.4. The van der Waals surface area contributed by atoms with Crippen molar-refractivity contribution in [2.24, 2.45) is 5.92 Å². The fourth-order valence-electron chi connectivity index (χ4n) is 2.32. The van der Waals surface area contributed by atoms with Crippen LogP contribution in [0.2, 0.25) is 0 Å². The Morgan fingerprint density at radius 3 is 2.93 bits per heavy atom. The summed E-state index contributed by atoms with van der Waals surface area (Å²) in [5, 5.41) is 3.23. The Kier molecular flexibility index (Phi) is 3.97. The number of likely N-dealkylation sites (N-methyl/N-ethyl adjacent to an activating group) is 1. The van der Waals surface area contributed by atoms with Crippen molar-refractivity contribution in [2.75, 3.05) is 34.0 Å². The van der Waals surface area contributed by atoms with Crippen LogP contribution in [0.5, 0.6) is 0 Å². The minimum absolute atomic E-state index is 0.220. The molecule has 1 N–H and O–H groups in total. The summed E-state index contributed by atoms with van der Waals surface area (Å²) in [6.07, 6.45) is 2.69. The Labute approximate surface area is 91.3 Å². The van der Waals surface area contributed by atoms with Crippen LogP contribution in [0, 0.1) is 5.92 Å². The van der Waals surface area contributed by atoms with Crippen LogP contribution in [0.4, 0.5) is 0 Å². The lowest BCUT2D eigenvalue weighted by atomic mass is 9.85. The van der Waals surface area contributed by atoms with Crippen LogP contribution in [0.25, 0.3) is 0 Å². The van der Waals surface area contributed by atoms with Crippen LogP contribution in [0.1, 0.15) is 12.8 Å². The summed E-state index contributed by atoms with van der Waals surface area (Å²) in [5.74, 6) is 0.594. The molecule has 0 bridgehead atoms. The largest absolute Gasteiger partial charge is 0.381 e. The van der Waals surface area contributed by atoms with E-state index >= 15 is 0 Å². The molecule has 1 heterocycles. The molecule has 0 aromatic rings. The van der Waals surface area contributed by atoms with Gasteiger partial charge in [-0.05, 0) is 19.9 Å². The first-order valence-corrected chi connectivity index (χ1v) is 5.74. The third kappa shape index (κ3) is 2.50. The average Bonchev–Trinajstić information content (AvgIpc) is 2.70. The summed E-state index contributed by atoms with van der Waals surface area (Å²) in [7, 11) is 3.72. The number of ether oxygens (including phenoxy) is 3. The van der Waals surface area contributed by atoms with Crippen LogP contribution in [0.15, 0.2) is 0 Å². The van der Waals surface area contributed by atoms with Gasteiger partial charge in [-0.25, -0.2) is 0 Å². The molecule has 0 spiro atoms. The molecule has 0 amide bonds. The van der Waals surface area contributed by atoms with Crippen LogP contribution in [-0.4, -0.2) is 52.2 Å². The summed E-state index contributed by atoms with van der Waals surface area (Å²) in [5.41, 5.74) is 0. The second-order valence-corrected chi connectivity index (χ2v) is 4.43. The molecule has 0 aromatic heterocycles. The maximum absolute atomic E-state index is 5.85. The minimum Gasteiger partial charge on any atom is -0.381 e. The lowest BCUT2D eigenvalue weighted by Crippen LogP contribution is -2.59. The highest BCUT2D eigenvalue weighted by molar-refractivity contribution is 4.96. The quantitative estimate of drug-likeness (QED) is 0.721. The average molecular weight is 215 g/mol. The number of hydrogen-bond acceptors (Lipinski definition) is 4. The summed E-state index contributed by atoms with van der Waals surface area (Å²) in [4.78, 5) is 0. The smallest absolute Gasteiger partial charge is 0.0986 e. The molecule has 4 nitrogen and oxygen atoms in total. The van der Waals surface area contributed by atoms with Crippen molar-refractivity contribution in [2.45, 2.75) is 31.1 Å². The Morgan fingerprint density at radius 1 is 1.47 bits per heavy atom. The number of rotatable bonds is 5.